The number of benzene rings is 2. The summed E-state index contributed by atoms with van der Waals surface area (Å²) in [7, 11) is 0. The van der Waals surface area contributed by atoms with Crippen LogP contribution in [0.4, 0.5) is 4.39 Å². The highest BCUT2D eigenvalue weighted by Crippen LogP contribution is 2.09. The number of hydrogen-bond donors (Lipinski definition) is 3. The summed E-state index contributed by atoms with van der Waals surface area (Å²) in [5.74, 6) is -2.88. The number of carbonyl (C=O) groups excluding carboxylic acids is 2. The third-order valence-electron chi connectivity index (χ3n) is 3.62. The Labute approximate surface area is 155 Å². The maximum atomic E-state index is 13.0. The van der Waals surface area contributed by atoms with Crippen LogP contribution in [0.2, 0.25) is 0 Å². The molecule has 0 saturated carbocycles. The van der Waals surface area contributed by atoms with Crippen molar-refractivity contribution >= 4 is 23.9 Å². The first-order chi connectivity index (χ1) is 12.8. The van der Waals surface area contributed by atoms with E-state index in [0.29, 0.717) is 5.56 Å². The van der Waals surface area contributed by atoms with Gasteiger partial charge in [-0.2, -0.15) is 0 Å². The lowest BCUT2D eigenvalue weighted by atomic mass is 10.1. The predicted octanol–water partition coefficient (Wildman–Crippen LogP) is 2.11. The molecule has 140 valence electrons. The lowest BCUT2D eigenvalue weighted by molar-refractivity contribution is -0.141. The van der Waals surface area contributed by atoms with E-state index in [0.717, 1.165) is 5.56 Å². The van der Waals surface area contributed by atoms with Crippen molar-refractivity contribution in [2.75, 3.05) is 0 Å². The topological polar surface area (TPSA) is 95.5 Å². The lowest BCUT2D eigenvalue weighted by Crippen LogP contribution is -2.45. The first-order valence-electron chi connectivity index (χ1n) is 8.17. The van der Waals surface area contributed by atoms with Crippen LogP contribution in [-0.4, -0.2) is 28.9 Å². The van der Waals surface area contributed by atoms with Crippen molar-refractivity contribution in [3.63, 3.8) is 0 Å². The SMILES string of the molecule is CC(=O)N/C(=C/c1ccc(F)cc1)C(=O)N[C@H](Cc1ccccc1)C(=O)O. The summed E-state index contributed by atoms with van der Waals surface area (Å²) in [6.45, 7) is 1.23. The Morgan fingerprint density at radius 3 is 2.26 bits per heavy atom. The van der Waals surface area contributed by atoms with E-state index in [1.54, 1.807) is 30.3 Å². The molecule has 0 saturated heterocycles. The van der Waals surface area contributed by atoms with Gasteiger partial charge in [0.15, 0.2) is 0 Å². The molecule has 2 amide bonds. The molecule has 0 aliphatic rings. The number of aliphatic carboxylic acids is 1. The van der Waals surface area contributed by atoms with Crippen LogP contribution in [0, 0.1) is 5.82 Å². The van der Waals surface area contributed by atoms with Gasteiger partial charge in [0.25, 0.3) is 5.91 Å². The summed E-state index contributed by atoms with van der Waals surface area (Å²) >= 11 is 0. The predicted molar refractivity (Wildman–Crippen MR) is 97.9 cm³/mol. The standard InChI is InChI=1S/C20H19FN2O4/c1-13(24)22-17(11-15-7-9-16(21)10-8-15)19(25)23-18(20(26)27)12-14-5-3-2-4-6-14/h2-11,18H,12H2,1H3,(H,22,24)(H,23,25)(H,26,27)/b17-11+/t18-/m1/s1. The maximum Gasteiger partial charge on any atom is 0.326 e. The molecule has 6 nitrogen and oxygen atoms in total. The number of halogens is 1. The van der Waals surface area contributed by atoms with Crippen LogP contribution in [0.3, 0.4) is 0 Å². The first kappa shape index (κ1) is 19.8. The van der Waals surface area contributed by atoms with E-state index in [1.807, 2.05) is 0 Å². The molecule has 2 aromatic rings. The van der Waals surface area contributed by atoms with Crippen molar-refractivity contribution in [3.05, 3.63) is 77.2 Å². The summed E-state index contributed by atoms with van der Waals surface area (Å²) < 4.78 is 13.0. The Morgan fingerprint density at radius 2 is 1.70 bits per heavy atom. The van der Waals surface area contributed by atoms with Crippen molar-refractivity contribution in [2.45, 2.75) is 19.4 Å². The van der Waals surface area contributed by atoms with Gasteiger partial charge in [-0.15, -0.1) is 0 Å². The number of amides is 2. The number of carboxylic acid groups (broad SMARTS) is 1. The maximum absolute atomic E-state index is 13.0. The van der Waals surface area contributed by atoms with Gasteiger partial charge in [0.2, 0.25) is 5.91 Å². The molecule has 0 heterocycles. The van der Waals surface area contributed by atoms with Gasteiger partial charge in [0.05, 0.1) is 0 Å². The second-order valence-corrected chi connectivity index (χ2v) is 5.84. The van der Waals surface area contributed by atoms with Gasteiger partial charge in [-0.3, -0.25) is 9.59 Å². The zero-order chi connectivity index (χ0) is 19.8. The molecule has 0 spiro atoms. The fraction of sp³-hybridized carbons (Fsp3) is 0.150. The Kier molecular flexibility index (Phi) is 6.82. The van der Waals surface area contributed by atoms with E-state index in [-0.39, 0.29) is 12.1 Å². The van der Waals surface area contributed by atoms with Crippen molar-refractivity contribution in [2.24, 2.45) is 0 Å². The molecular weight excluding hydrogens is 351 g/mol. The number of rotatable bonds is 7. The molecule has 0 fully saturated rings. The Balaban J connectivity index is 2.21. The van der Waals surface area contributed by atoms with Crippen LogP contribution < -0.4 is 10.6 Å². The average Bonchev–Trinajstić information content (AvgIpc) is 2.62. The second-order valence-electron chi connectivity index (χ2n) is 5.84. The second kappa shape index (κ2) is 9.28. The van der Waals surface area contributed by atoms with Crippen molar-refractivity contribution in [1.82, 2.24) is 10.6 Å². The van der Waals surface area contributed by atoms with Gasteiger partial charge >= 0.3 is 5.97 Å². The molecule has 27 heavy (non-hydrogen) atoms. The monoisotopic (exact) mass is 370 g/mol. The van der Waals surface area contributed by atoms with Crippen LogP contribution in [0.5, 0.6) is 0 Å². The van der Waals surface area contributed by atoms with Crippen LogP contribution >= 0.6 is 0 Å². The number of carbonyl (C=O) groups is 3. The summed E-state index contributed by atoms with van der Waals surface area (Å²) in [6.07, 6.45) is 1.43. The molecule has 0 radical (unpaired) electrons. The number of hydrogen-bond acceptors (Lipinski definition) is 3. The van der Waals surface area contributed by atoms with Crippen molar-refractivity contribution in [3.8, 4) is 0 Å². The highest BCUT2D eigenvalue weighted by atomic mass is 19.1. The largest absolute Gasteiger partial charge is 0.480 e. The highest BCUT2D eigenvalue weighted by Gasteiger charge is 2.22. The normalized spacial score (nSPS) is 12.1. The molecule has 0 aliphatic heterocycles. The van der Waals surface area contributed by atoms with E-state index in [4.69, 9.17) is 0 Å². The lowest BCUT2D eigenvalue weighted by Gasteiger charge is -2.16. The molecule has 0 aliphatic carbocycles. The quantitative estimate of drug-likeness (QED) is 0.651. The smallest absolute Gasteiger partial charge is 0.326 e. The van der Waals surface area contributed by atoms with Crippen molar-refractivity contribution < 1.29 is 23.9 Å². The third kappa shape index (κ3) is 6.39. The summed E-state index contributed by atoms with van der Waals surface area (Å²) in [5.41, 5.74) is 1.09. The molecule has 3 N–H and O–H groups in total. The van der Waals surface area contributed by atoms with Gasteiger partial charge in [-0.05, 0) is 29.3 Å². The molecule has 2 rings (SSSR count). The molecule has 7 heteroatoms. The van der Waals surface area contributed by atoms with Crippen LogP contribution in [0.25, 0.3) is 6.08 Å². The van der Waals surface area contributed by atoms with E-state index >= 15 is 0 Å². The van der Waals surface area contributed by atoms with Crippen LogP contribution in [0.15, 0.2) is 60.3 Å². The minimum atomic E-state index is -1.20. The average molecular weight is 370 g/mol. The zero-order valence-electron chi connectivity index (χ0n) is 14.6. The van der Waals surface area contributed by atoms with E-state index in [9.17, 15) is 23.9 Å². The van der Waals surface area contributed by atoms with Crippen LogP contribution in [-0.2, 0) is 20.8 Å². The fourth-order valence-corrected chi connectivity index (χ4v) is 2.36. The molecule has 0 bridgehead atoms. The van der Waals surface area contributed by atoms with Gasteiger partial charge in [-0.1, -0.05) is 42.5 Å². The Bertz CT molecular complexity index is 848. The van der Waals surface area contributed by atoms with Gasteiger partial charge in [0, 0.05) is 13.3 Å². The minimum Gasteiger partial charge on any atom is -0.480 e. The van der Waals surface area contributed by atoms with Crippen LogP contribution in [0.1, 0.15) is 18.1 Å². The van der Waals surface area contributed by atoms with E-state index in [1.165, 1.54) is 37.3 Å². The Morgan fingerprint density at radius 1 is 1.07 bits per heavy atom. The summed E-state index contributed by atoms with van der Waals surface area (Å²) in [4.78, 5) is 35.4. The summed E-state index contributed by atoms with van der Waals surface area (Å²) in [5, 5.41) is 14.2. The van der Waals surface area contributed by atoms with Gasteiger partial charge in [0.1, 0.15) is 17.6 Å². The summed E-state index contributed by atoms with van der Waals surface area (Å²) in [6, 6.07) is 13.0. The number of carboxylic acids is 1. The first-order valence-corrected chi connectivity index (χ1v) is 8.17. The number of nitrogens with one attached hydrogen (secondary N) is 2. The molecule has 1 atom stereocenters. The van der Waals surface area contributed by atoms with Crippen molar-refractivity contribution in [1.29, 1.82) is 0 Å². The fourth-order valence-electron chi connectivity index (χ4n) is 2.36. The Hall–Kier alpha value is -3.48. The molecule has 0 aromatic heterocycles. The van der Waals surface area contributed by atoms with Gasteiger partial charge < -0.3 is 15.7 Å². The van der Waals surface area contributed by atoms with Gasteiger partial charge in [-0.25, -0.2) is 9.18 Å². The van der Waals surface area contributed by atoms with E-state index in [2.05, 4.69) is 10.6 Å². The van der Waals surface area contributed by atoms with E-state index < -0.39 is 29.6 Å². The highest BCUT2D eigenvalue weighted by molar-refractivity contribution is 6.02. The zero-order valence-corrected chi connectivity index (χ0v) is 14.6. The molecular formula is C20H19FN2O4. The molecule has 2 aromatic carbocycles. The third-order valence-corrected chi connectivity index (χ3v) is 3.62. The molecule has 0 unspecified atom stereocenters. The minimum absolute atomic E-state index is 0.0891.